The van der Waals surface area contributed by atoms with Gasteiger partial charge in [0, 0.05) is 7.05 Å². The van der Waals surface area contributed by atoms with Gasteiger partial charge < -0.3 is 5.32 Å². The second-order valence-corrected chi connectivity index (χ2v) is 7.83. The standard InChI is InChI=1S/C22H21FN4O/c1-21(16-4-3-5-17(23)12-16)18(19(28)27(2)20(25)26-21)14-6-8-15(9-7-14)22(13-24)10-11-22/h3-9,12,18H,10-11H2,1-2H3,(H2,25,26)/t18-,21-/m1/s1. The molecule has 1 amide bonds. The molecule has 6 heteroatoms. The van der Waals surface area contributed by atoms with Crippen LogP contribution in [0.25, 0.3) is 0 Å². The number of amides is 1. The number of nitriles is 1. The first-order valence-corrected chi connectivity index (χ1v) is 9.23. The first-order chi connectivity index (χ1) is 13.3. The zero-order valence-electron chi connectivity index (χ0n) is 15.8. The van der Waals surface area contributed by atoms with Crippen molar-refractivity contribution in [3.63, 3.8) is 0 Å². The molecule has 0 aromatic heterocycles. The minimum atomic E-state index is -0.975. The Morgan fingerprint density at radius 1 is 1.21 bits per heavy atom. The number of hydrogen-bond acceptors (Lipinski definition) is 3. The molecule has 2 aromatic carbocycles. The van der Waals surface area contributed by atoms with E-state index in [2.05, 4.69) is 11.4 Å². The maximum atomic E-state index is 13.9. The van der Waals surface area contributed by atoms with Gasteiger partial charge in [-0.25, -0.2) is 4.39 Å². The number of guanidine groups is 1. The molecule has 2 atom stereocenters. The molecule has 4 rings (SSSR count). The van der Waals surface area contributed by atoms with Gasteiger partial charge in [0.1, 0.15) is 5.82 Å². The molecule has 28 heavy (non-hydrogen) atoms. The quantitative estimate of drug-likeness (QED) is 0.862. The normalized spacial score (nSPS) is 25.8. The zero-order valence-corrected chi connectivity index (χ0v) is 15.8. The van der Waals surface area contributed by atoms with E-state index in [1.165, 1.54) is 17.0 Å². The van der Waals surface area contributed by atoms with Gasteiger partial charge in [-0.2, -0.15) is 5.26 Å². The van der Waals surface area contributed by atoms with Crippen LogP contribution in [0.5, 0.6) is 0 Å². The Hall–Kier alpha value is -3.20. The Labute approximate surface area is 163 Å². The lowest BCUT2D eigenvalue weighted by atomic mass is 9.73. The van der Waals surface area contributed by atoms with Gasteiger partial charge in [0.2, 0.25) is 5.91 Å². The summed E-state index contributed by atoms with van der Waals surface area (Å²) in [6, 6.07) is 16.1. The second-order valence-electron chi connectivity index (χ2n) is 7.83. The highest BCUT2D eigenvalue weighted by atomic mass is 19.1. The highest BCUT2D eigenvalue weighted by Gasteiger charge is 2.49. The average molecular weight is 376 g/mol. The van der Waals surface area contributed by atoms with E-state index in [1.54, 1.807) is 19.2 Å². The number of nitrogens with zero attached hydrogens (tertiary/aromatic N) is 2. The zero-order chi connectivity index (χ0) is 20.1. The van der Waals surface area contributed by atoms with Gasteiger partial charge >= 0.3 is 0 Å². The predicted molar refractivity (Wildman–Crippen MR) is 103 cm³/mol. The Morgan fingerprint density at radius 2 is 1.89 bits per heavy atom. The lowest BCUT2D eigenvalue weighted by molar-refractivity contribution is -0.131. The van der Waals surface area contributed by atoms with Crippen molar-refractivity contribution in [2.75, 3.05) is 7.05 Å². The summed E-state index contributed by atoms with van der Waals surface area (Å²) in [5, 5.41) is 20.7. The summed E-state index contributed by atoms with van der Waals surface area (Å²) in [6.07, 6.45) is 1.71. The van der Waals surface area contributed by atoms with Gasteiger partial charge in [-0.05, 0) is 48.6 Å². The van der Waals surface area contributed by atoms with Crippen molar-refractivity contribution in [2.24, 2.45) is 0 Å². The summed E-state index contributed by atoms with van der Waals surface area (Å²) in [4.78, 5) is 14.4. The summed E-state index contributed by atoms with van der Waals surface area (Å²) in [6.45, 7) is 1.82. The second kappa shape index (κ2) is 6.16. The smallest absolute Gasteiger partial charge is 0.239 e. The lowest BCUT2D eigenvalue weighted by Crippen LogP contribution is -2.62. The topological polar surface area (TPSA) is 80.0 Å². The number of halogens is 1. The van der Waals surface area contributed by atoms with Crippen LogP contribution < -0.4 is 5.32 Å². The van der Waals surface area contributed by atoms with Gasteiger partial charge in [-0.1, -0.05) is 36.4 Å². The van der Waals surface area contributed by atoms with Crippen LogP contribution in [-0.4, -0.2) is 23.8 Å². The van der Waals surface area contributed by atoms with E-state index in [4.69, 9.17) is 5.41 Å². The number of rotatable bonds is 3. The number of likely N-dealkylation sites (N-methyl/N-ethyl adjacent to an activating group) is 1. The van der Waals surface area contributed by atoms with Crippen molar-refractivity contribution in [3.8, 4) is 6.07 Å². The summed E-state index contributed by atoms with van der Waals surface area (Å²) in [5.41, 5.74) is 0.961. The van der Waals surface area contributed by atoms with Crippen LogP contribution in [0.15, 0.2) is 48.5 Å². The molecule has 1 saturated carbocycles. The monoisotopic (exact) mass is 376 g/mol. The summed E-state index contributed by atoms with van der Waals surface area (Å²) >= 11 is 0. The maximum absolute atomic E-state index is 13.9. The van der Waals surface area contributed by atoms with E-state index in [-0.39, 0.29) is 11.9 Å². The third-order valence-corrected chi connectivity index (χ3v) is 6.05. The SMILES string of the molecule is CN1C(=N)N[C@](C)(c2cccc(F)c2)[C@H](c2ccc(C3(C#N)CC3)cc2)C1=O. The Balaban J connectivity index is 1.80. The molecule has 142 valence electrons. The van der Waals surface area contributed by atoms with E-state index >= 15 is 0 Å². The van der Waals surface area contributed by atoms with E-state index in [0.717, 1.165) is 24.0 Å². The number of benzene rings is 2. The largest absolute Gasteiger partial charge is 0.346 e. The molecule has 0 spiro atoms. The Kier molecular flexibility index (Phi) is 4.00. The molecular formula is C22H21FN4O. The van der Waals surface area contributed by atoms with Crippen molar-refractivity contribution >= 4 is 11.9 Å². The molecule has 2 aliphatic rings. The van der Waals surface area contributed by atoms with Gasteiger partial charge in [-0.3, -0.25) is 15.1 Å². The fourth-order valence-corrected chi connectivity index (χ4v) is 4.06. The summed E-state index contributed by atoms with van der Waals surface area (Å²) in [5.74, 6) is -1.28. The summed E-state index contributed by atoms with van der Waals surface area (Å²) in [7, 11) is 1.55. The van der Waals surface area contributed by atoms with Crippen LogP contribution in [0, 0.1) is 22.6 Å². The molecule has 0 radical (unpaired) electrons. The molecule has 2 aromatic rings. The van der Waals surface area contributed by atoms with E-state index in [1.807, 2.05) is 31.2 Å². The van der Waals surface area contributed by atoms with E-state index in [0.29, 0.717) is 5.56 Å². The third-order valence-electron chi connectivity index (χ3n) is 6.05. The fraction of sp³-hybridized carbons (Fsp3) is 0.318. The predicted octanol–water partition coefficient (Wildman–Crippen LogP) is 3.38. The molecule has 0 unspecified atom stereocenters. The highest BCUT2D eigenvalue weighted by molar-refractivity contribution is 6.02. The van der Waals surface area contributed by atoms with Gasteiger partial charge in [-0.15, -0.1) is 0 Å². The average Bonchev–Trinajstić information content (AvgIpc) is 3.48. The minimum absolute atomic E-state index is 0.0222. The number of carbonyl (C=O) groups is 1. The number of hydrogen-bond donors (Lipinski definition) is 2. The molecule has 1 aliphatic heterocycles. The van der Waals surface area contributed by atoms with Crippen molar-refractivity contribution in [1.29, 1.82) is 10.7 Å². The molecule has 0 bridgehead atoms. The van der Waals surface area contributed by atoms with Gasteiger partial charge in [0.15, 0.2) is 5.96 Å². The van der Waals surface area contributed by atoms with E-state index < -0.39 is 22.7 Å². The van der Waals surface area contributed by atoms with Gasteiger partial charge in [0.25, 0.3) is 0 Å². The van der Waals surface area contributed by atoms with Crippen LogP contribution in [0.4, 0.5) is 4.39 Å². The van der Waals surface area contributed by atoms with E-state index in [9.17, 15) is 14.4 Å². The van der Waals surface area contributed by atoms with Crippen LogP contribution in [0.2, 0.25) is 0 Å². The van der Waals surface area contributed by atoms with Crippen LogP contribution >= 0.6 is 0 Å². The van der Waals surface area contributed by atoms with Crippen molar-refractivity contribution < 1.29 is 9.18 Å². The molecule has 2 fully saturated rings. The molecule has 5 nitrogen and oxygen atoms in total. The Bertz CT molecular complexity index is 1010. The molecule has 1 heterocycles. The first-order valence-electron chi connectivity index (χ1n) is 9.23. The minimum Gasteiger partial charge on any atom is -0.346 e. The molecular weight excluding hydrogens is 355 g/mol. The van der Waals surface area contributed by atoms with Crippen LogP contribution in [0.3, 0.4) is 0 Å². The third kappa shape index (κ3) is 2.66. The fourth-order valence-electron chi connectivity index (χ4n) is 4.06. The summed E-state index contributed by atoms with van der Waals surface area (Å²) < 4.78 is 13.9. The van der Waals surface area contributed by atoms with Crippen LogP contribution in [0.1, 0.15) is 42.4 Å². The van der Waals surface area contributed by atoms with Crippen molar-refractivity contribution in [2.45, 2.75) is 36.6 Å². The number of nitrogens with one attached hydrogen (secondary N) is 2. The highest BCUT2D eigenvalue weighted by Crippen LogP contribution is 2.48. The van der Waals surface area contributed by atoms with Crippen LogP contribution in [-0.2, 0) is 15.7 Å². The number of carbonyl (C=O) groups excluding carboxylic acids is 1. The van der Waals surface area contributed by atoms with Crippen molar-refractivity contribution in [3.05, 3.63) is 71.0 Å². The molecule has 1 saturated heterocycles. The molecule has 1 aliphatic carbocycles. The van der Waals surface area contributed by atoms with Crippen molar-refractivity contribution in [1.82, 2.24) is 10.2 Å². The molecule has 2 N–H and O–H groups in total. The maximum Gasteiger partial charge on any atom is 0.239 e. The van der Waals surface area contributed by atoms with Gasteiger partial charge in [0.05, 0.1) is 22.9 Å². The first kappa shape index (κ1) is 18.2. The Morgan fingerprint density at radius 3 is 2.46 bits per heavy atom. The lowest BCUT2D eigenvalue weighted by Gasteiger charge is -2.46.